The van der Waals surface area contributed by atoms with Crippen LogP contribution in [0.25, 0.3) is 10.8 Å². The van der Waals surface area contributed by atoms with Crippen LogP contribution in [0, 0.1) is 6.92 Å². The van der Waals surface area contributed by atoms with Crippen LogP contribution >= 0.6 is 0 Å². The number of sulfonamides is 1. The fourth-order valence-corrected chi connectivity index (χ4v) is 3.59. The van der Waals surface area contributed by atoms with Crippen molar-refractivity contribution >= 4 is 38.5 Å². The molecule has 9 nitrogen and oxygen atoms in total. The van der Waals surface area contributed by atoms with E-state index in [9.17, 15) is 18.0 Å². The van der Waals surface area contributed by atoms with Gasteiger partial charge in [0.1, 0.15) is 5.76 Å². The Hall–Kier alpha value is -3.24. The van der Waals surface area contributed by atoms with Gasteiger partial charge in [0.15, 0.2) is 12.4 Å². The van der Waals surface area contributed by atoms with Crippen LogP contribution in [0.1, 0.15) is 12.2 Å². The number of carbonyl (C=O) groups excluding carboxylic acids is 2. The van der Waals surface area contributed by atoms with Crippen LogP contribution in [0.5, 0.6) is 0 Å². The second kappa shape index (κ2) is 8.84. The minimum Gasteiger partial charge on any atom is -0.456 e. The molecule has 10 heteroatoms. The molecule has 0 bridgehead atoms. The maximum absolute atomic E-state index is 12.4. The van der Waals surface area contributed by atoms with E-state index in [0.29, 0.717) is 5.76 Å². The van der Waals surface area contributed by atoms with Gasteiger partial charge in [-0.3, -0.25) is 9.59 Å². The van der Waals surface area contributed by atoms with Gasteiger partial charge in [0.2, 0.25) is 10.0 Å². The lowest BCUT2D eigenvalue weighted by Gasteiger charge is -2.08. The van der Waals surface area contributed by atoms with Crippen molar-refractivity contribution < 1.29 is 27.3 Å². The lowest BCUT2D eigenvalue weighted by atomic mass is 10.1. The largest absolute Gasteiger partial charge is 0.456 e. The summed E-state index contributed by atoms with van der Waals surface area (Å²) in [5.41, 5.74) is 0. The summed E-state index contributed by atoms with van der Waals surface area (Å²) in [5, 5.41) is 7.70. The first-order chi connectivity index (χ1) is 13.8. The minimum atomic E-state index is -3.77. The topological polar surface area (TPSA) is 128 Å². The molecule has 1 amide bonds. The number of rotatable bonds is 8. The summed E-state index contributed by atoms with van der Waals surface area (Å²) in [5.74, 6) is -0.552. The van der Waals surface area contributed by atoms with Gasteiger partial charge in [-0.05, 0) is 29.8 Å². The van der Waals surface area contributed by atoms with Crippen molar-refractivity contribution in [2.75, 3.05) is 18.5 Å². The van der Waals surface area contributed by atoms with Gasteiger partial charge in [0, 0.05) is 12.6 Å². The molecule has 0 spiro atoms. The summed E-state index contributed by atoms with van der Waals surface area (Å²) in [6.07, 6.45) is -0.219. The van der Waals surface area contributed by atoms with Gasteiger partial charge in [-0.1, -0.05) is 35.5 Å². The Labute approximate surface area is 167 Å². The smallest absolute Gasteiger partial charge is 0.307 e. The van der Waals surface area contributed by atoms with E-state index in [4.69, 9.17) is 9.26 Å². The highest BCUT2D eigenvalue weighted by molar-refractivity contribution is 7.89. The fraction of sp³-hybridized carbons (Fsp3) is 0.211. The second-order valence-corrected chi connectivity index (χ2v) is 7.96. The van der Waals surface area contributed by atoms with Crippen LogP contribution in [0.3, 0.4) is 0 Å². The first-order valence-corrected chi connectivity index (χ1v) is 10.2. The summed E-state index contributed by atoms with van der Waals surface area (Å²) in [4.78, 5) is 23.5. The zero-order valence-corrected chi connectivity index (χ0v) is 16.4. The maximum Gasteiger partial charge on any atom is 0.307 e. The van der Waals surface area contributed by atoms with Crippen molar-refractivity contribution in [2.24, 2.45) is 0 Å². The SMILES string of the molecule is Cc1cc(NC(=O)COC(=O)CCNS(=O)(=O)c2ccc3ccccc3c2)no1. The number of ether oxygens (including phenoxy) is 1. The molecular weight excluding hydrogens is 398 g/mol. The Kier molecular flexibility index (Phi) is 6.25. The van der Waals surface area contributed by atoms with E-state index in [0.717, 1.165) is 10.8 Å². The molecule has 0 radical (unpaired) electrons. The number of esters is 1. The van der Waals surface area contributed by atoms with Crippen LogP contribution in [0.2, 0.25) is 0 Å². The quantitative estimate of drug-likeness (QED) is 0.537. The highest BCUT2D eigenvalue weighted by atomic mass is 32.2. The number of anilines is 1. The molecule has 0 saturated carbocycles. The predicted molar refractivity (Wildman–Crippen MR) is 105 cm³/mol. The monoisotopic (exact) mass is 417 g/mol. The maximum atomic E-state index is 12.4. The number of amides is 1. The number of aromatic nitrogens is 1. The average Bonchev–Trinajstić information content (AvgIpc) is 3.10. The van der Waals surface area contributed by atoms with Crippen LogP contribution in [-0.2, 0) is 24.3 Å². The standard InChI is InChI=1S/C19H19N3O6S/c1-13-10-17(22-28-13)21-18(23)12-27-19(24)8-9-20-29(25,26)16-7-6-14-4-2-3-5-15(14)11-16/h2-7,10-11,20H,8-9,12H2,1H3,(H,21,22,23). The summed E-state index contributed by atoms with van der Waals surface area (Å²) in [6.45, 7) is 1.00. The number of hydrogen-bond donors (Lipinski definition) is 2. The molecule has 0 fully saturated rings. The Bertz CT molecular complexity index is 1140. The van der Waals surface area contributed by atoms with Gasteiger partial charge in [0.25, 0.3) is 5.91 Å². The van der Waals surface area contributed by atoms with Gasteiger partial charge < -0.3 is 14.6 Å². The first kappa shape index (κ1) is 20.5. The number of carbonyl (C=O) groups is 2. The summed E-state index contributed by atoms with van der Waals surface area (Å²) in [7, 11) is -3.77. The normalized spacial score (nSPS) is 11.3. The highest BCUT2D eigenvalue weighted by Gasteiger charge is 2.16. The number of hydrogen-bond acceptors (Lipinski definition) is 7. The summed E-state index contributed by atoms with van der Waals surface area (Å²) >= 11 is 0. The zero-order valence-electron chi connectivity index (χ0n) is 15.5. The third kappa shape index (κ3) is 5.62. The molecule has 152 valence electrons. The van der Waals surface area contributed by atoms with Crippen LogP contribution in [0.4, 0.5) is 5.82 Å². The third-order valence-electron chi connectivity index (χ3n) is 3.91. The van der Waals surface area contributed by atoms with Crippen LogP contribution in [0.15, 0.2) is 57.9 Å². The zero-order chi connectivity index (χ0) is 20.9. The van der Waals surface area contributed by atoms with E-state index >= 15 is 0 Å². The molecule has 2 aromatic carbocycles. The van der Waals surface area contributed by atoms with Gasteiger partial charge in [-0.25, -0.2) is 13.1 Å². The van der Waals surface area contributed by atoms with E-state index in [-0.39, 0.29) is 23.7 Å². The molecule has 3 rings (SSSR count). The summed E-state index contributed by atoms with van der Waals surface area (Å²) < 4.78 is 36.7. The van der Waals surface area contributed by atoms with E-state index in [1.165, 1.54) is 12.1 Å². The molecule has 1 heterocycles. The van der Waals surface area contributed by atoms with Gasteiger partial charge in [0.05, 0.1) is 11.3 Å². The van der Waals surface area contributed by atoms with Crippen molar-refractivity contribution in [1.82, 2.24) is 9.88 Å². The van der Waals surface area contributed by atoms with Crippen molar-refractivity contribution in [1.29, 1.82) is 0 Å². The molecule has 0 atom stereocenters. The van der Waals surface area contributed by atoms with Crippen LogP contribution in [-0.4, -0.2) is 38.6 Å². The Balaban J connectivity index is 1.45. The van der Waals surface area contributed by atoms with Crippen molar-refractivity contribution in [3.8, 4) is 0 Å². The van der Waals surface area contributed by atoms with Gasteiger partial charge in [-0.2, -0.15) is 0 Å². The molecular formula is C19H19N3O6S. The molecule has 0 aliphatic carbocycles. The van der Waals surface area contributed by atoms with Crippen molar-refractivity contribution in [3.05, 3.63) is 54.3 Å². The van der Waals surface area contributed by atoms with Gasteiger partial charge in [-0.15, -0.1) is 0 Å². The first-order valence-electron chi connectivity index (χ1n) is 8.71. The van der Waals surface area contributed by atoms with Crippen molar-refractivity contribution in [3.63, 3.8) is 0 Å². The molecule has 0 aliphatic heterocycles. The van der Waals surface area contributed by atoms with Crippen LogP contribution < -0.4 is 10.0 Å². The van der Waals surface area contributed by atoms with Gasteiger partial charge >= 0.3 is 5.97 Å². The number of benzene rings is 2. The second-order valence-electron chi connectivity index (χ2n) is 6.19. The predicted octanol–water partition coefficient (Wildman–Crippen LogP) is 1.99. The molecule has 0 unspecified atom stereocenters. The fourth-order valence-electron chi connectivity index (χ4n) is 2.53. The van der Waals surface area contributed by atoms with E-state index in [2.05, 4.69) is 15.2 Å². The number of nitrogens with zero attached hydrogens (tertiary/aromatic N) is 1. The number of nitrogens with one attached hydrogen (secondary N) is 2. The third-order valence-corrected chi connectivity index (χ3v) is 5.37. The van der Waals surface area contributed by atoms with E-state index in [1.54, 1.807) is 19.1 Å². The number of aryl methyl sites for hydroxylation is 1. The van der Waals surface area contributed by atoms with Crippen molar-refractivity contribution in [2.45, 2.75) is 18.2 Å². The lowest BCUT2D eigenvalue weighted by molar-refractivity contribution is -0.147. The molecule has 2 N–H and O–H groups in total. The average molecular weight is 417 g/mol. The Morgan fingerprint density at radius 1 is 1.10 bits per heavy atom. The molecule has 0 aliphatic rings. The van der Waals surface area contributed by atoms with E-state index < -0.39 is 28.5 Å². The number of fused-ring (bicyclic) bond motifs is 1. The molecule has 29 heavy (non-hydrogen) atoms. The molecule has 3 aromatic rings. The highest BCUT2D eigenvalue weighted by Crippen LogP contribution is 2.18. The Morgan fingerprint density at radius 3 is 2.59 bits per heavy atom. The minimum absolute atomic E-state index is 0.104. The summed E-state index contributed by atoms with van der Waals surface area (Å²) in [6, 6.07) is 13.7. The Morgan fingerprint density at radius 2 is 1.86 bits per heavy atom. The lowest BCUT2D eigenvalue weighted by Crippen LogP contribution is -2.28. The van der Waals surface area contributed by atoms with E-state index in [1.807, 2.05) is 24.3 Å². The molecule has 1 aromatic heterocycles. The molecule has 0 saturated heterocycles.